The van der Waals surface area contributed by atoms with Gasteiger partial charge in [0.1, 0.15) is 0 Å². The Kier molecular flexibility index (Phi) is 15.3. The molecule has 2 aliphatic heterocycles. The Morgan fingerprint density at radius 2 is 0.940 bits per heavy atom. The van der Waals surface area contributed by atoms with Gasteiger partial charge in [-0.25, -0.2) is 0 Å². The predicted octanol–water partition coefficient (Wildman–Crippen LogP) is 5.28. The molecule has 2 heterocycles. The van der Waals surface area contributed by atoms with E-state index in [4.69, 9.17) is 28.4 Å². The van der Waals surface area contributed by atoms with Crippen LogP contribution in [0.1, 0.15) is 75.3 Å². The number of benzene rings is 2. The van der Waals surface area contributed by atoms with Crippen LogP contribution in [0.15, 0.2) is 36.4 Å². The highest BCUT2D eigenvalue weighted by atomic mass is 16.5. The Bertz CT molecular complexity index is 1200. The normalized spacial score (nSPS) is 27.4. The molecule has 4 fully saturated rings. The zero-order valence-corrected chi connectivity index (χ0v) is 30.9. The first kappa shape index (κ1) is 38.6. The van der Waals surface area contributed by atoms with Crippen LogP contribution in [0.5, 0.6) is 23.0 Å². The minimum Gasteiger partial charge on any atom is -0.493 e. The van der Waals surface area contributed by atoms with Crippen molar-refractivity contribution in [2.75, 3.05) is 67.8 Å². The summed E-state index contributed by atoms with van der Waals surface area (Å²) in [7, 11) is 6.63. The van der Waals surface area contributed by atoms with Crippen LogP contribution in [0.3, 0.4) is 0 Å². The minimum absolute atomic E-state index is 0.158. The molecule has 4 aliphatic rings. The summed E-state index contributed by atoms with van der Waals surface area (Å²) in [6, 6.07) is 13.0. The van der Waals surface area contributed by atoms with E-state index in [9.17, 15) is 10.2 Å². The number of nitrogens with zero attached hydrogens (tertiary/aromatic N) is 2. The summed E-state index contributed by atoms with van der Waals surface area (Å²) in [5, 5.41) is 19.7. The monoisotopic (exact) mass is 698 g/mol. The lowest BCUT2D eigenvalue weighted by atomic mass is 9.91. The van der Waals surface area contributed by atoms with Crippen LogP contribution in [0, 0.1) is 0 Å². The van der Waals surface area contributed by atoms with E-state index < -0.39 is 0 Å². The minimum atomic E-state index is -0.158. The molecule has 6 atom stereocenters. The largest absolute Gasteiger partial charge is 0.493 e. The van der Waals surface area contributed by atoms with Crippen LogP contribution in [0.2, 0.25) is 0 Å². The van der Waals surface area contributed by atoms with Crippen LogP contribution in [0.4, 0.5) is 0 Å². The molecular formula is C40H62N2O8. The van der Waals surface area contributed by atoms with E-state index in [1.807, 2.05) is 24.3 Å². The van der Waals surface area contributed by atoms with Crippen molar-refractivity contribution in [3.63, 3.8) is 0 Å². The molecular weight excluding hydrogens is 636 g/mol. The summed E-state index contributed by atoms with van der Waals surface area (Å²) in [5.41, 5.74) is 2.39. The molecule has 2 saturated heterocycles. The Balaban J connectivity index is 0.000000194. The summed E-state index contributed by atoms with van der Waals surface area (Å²) in [5.74, 6) is 3.04. The number of hydrogen-bond acceptors (Lipinski definition) is 10. The molecule has 2 N–H and O–H groups in total. The summed E-state index contributed by atoms with van der Waals surface area (Å²) in [6.45, 7) is 5.04. The number of ether oxygens (including phenoxy) is 6. The SMILES string of the molecule is COc1ccc(CCOC2CCCCC2N2CCC(O)C2)cc1OC.COc1ccc(CCOC2CCCC[C@H]2N2CCC(O)C2)cc1OC. The number of aliphatic hydroxyl groups excluding tert-OH is 2. The van der Waals surface area contributed by atoms with E-state index >= 15 is 0 Å². The van der Waals surface area contributed by atoms with Crippen molar-refractivity contribution >= 4 is 0 Å². The van der Waals surface area contributed by atoms with Gasteiger partial charge in [-0.15, -0.1) is 0 Å². The smallest absolute Gasteiger partial charge is 0.160 e. The van der Waals surface area contributed by atoms with Gasteiger partial charge in [0, 0.05) is 38.3 Å². The summed E-state index contributed by atoms with van der Waals surface area (Å²) >= 11 is 0. The van der Waals surface area contributed by atoms with Gasteiger partial charge < -0.3 is 38.6 Å². The first-order chi connectivity index (χ1) is 24.4. The second-order valence-corrected chi connectivity index (χ2v) is 14.3. The molecule has 10 nitrogen and oxygen atoms in total. The average Bonchev–Trinajstić information content (AvgIpc) is 3.79. The Morgan fingerprint density at radius 1 is 0.540 bits per heavy atom. The number of likely N-dealkylation sites (tertiary alicyclic amines) is 2. The van der Waals surface area contributed by atoms with E-state index in [0.29, 0.717) is 37.5 Å². The predicted molar refractivity (Wildman–Crippen MR) is 195 cm³/mol. The molecule has 0 aromatic heterocycles. The molecule has 2 saturated carbocycles. The second-order valence-electron chi connectivity index (χ2n) is 14.3. The Morgan fingerprint density at radius 3 is 1.30 bits per heavy atom. The fourth-order valence-corrected chi connectivity index (χ4v) is 8.25. The van der Waals surface area contributed by atoms with Gasteiger partial charge in [0.2, 0.25) is 0 Å². The first-order valence-electron chi connectivity index (χ1n) is 18.9. The molecule has 0 radical (unpaired) electrons. The third kappa shape index (κ3) is 10.7. The van der Waals surface area contributed by atoms with Crippen molar-refractivity contribution in [1.82, 2.24) is 9.80 Å². The molecule has 2 aliphatic carbocycles. The molecule has 10 heteroatoms. The van der Waals surface area contributed by atoms with E-state index in [-0.39, 0.29) is 12.2 Å². The highest BCUT2D eigenvalue weighted by molar-refractivity contribution is 5.43. The quantitative estimate of drug-likeness (QED) is 0.271. The van der Waals surface area contributed by atoms with Crippen molar-refractivity contribution in [3.8, 4) is 23.0 Å². The van der Waals surface area contributed by atoms with Crippen molar-refractivity contribution < 1.29 is 38.6 Å². The van der Waals surface area contributed by atoms with Gasteiger partial charge in [0.25, 0.3) is 0 Å². The molecule has 6 rings (SSSR count). The van der Waals surface area contributed by atoms with Crippen molar-refractivity contribution in [3.05, 3.63) is 47.5 Å². The lowest BCUT2D eigenvalue weighted by molar-refractivity contribution is -0.0317. The lowest BCUT2D eigenvalue weighted by Gasteiger charge is -2.37. The fraction of sp³-hybridized carbons (Fsp3) is 0.700. The van der Waals surface area contributed by atoms with Gasteiger partial charge in [-0.3, -0.25) is 9.80 Å². The number of rotatable bonds is 14. The van der Waals surface area contributed by atoms with E-state index in [1.165, 1.54) is 49.7 Å². The average molecular weight is 699 g/mol. The molecule has 280 valence electrons. The highest BCUT2D eigenvalue weighted by Crippen LogP contribution is 2.32. The molecule has 0 amide bonds. The molecule has 0 spiro atoms. The topological polar surface area (TPSA) is 102 Å². The number of hydrogen-bond donors (Lipinski definition) is 2. The Labute approximate surface area is 299 Å². The molecule has 2 aromatic rings. The van der Waals surface area contributed by atoms with Gasteiger partial charge in [0.05, 0.1) is 66.1 Å². The maximum Gasteiger partial charge on any atom is 0.160 e. The maximum absolute atomic E-state index is 9.83. The highest BCUT2D eigenvalue weighted by Gasteiger charge is 2.35. The Hall–Kier alpha value is -2.60. The van der Waals surface area contributed by atoms with Crippen LogP contribution in [-0.4, -0.2) is 124 Å². The standard InChI is InChI=1S/2C20H31NO4/c2*1-23-19-8-7-15(13-20(19)24-2)10-12-25-18-6-4-3-5-17(18)21-11-9-16(22)14-21/h2*7-8,13,16-18,22H,3-6,9-12,14H2,1-2H3/t16?,17-,18?;/m1./s1. The van der Waals surface area contributed by atoms with Gasteiger partial charge in [-0.05, 0) is 86.8 Å². The van der Waals surface area contributed by atoms with Crippen molar-refractivity contribution in [2.24, 2.45) is 0 Å². The van der Waals surface area contributed by atoms with E-state index in [0.717, 1.165) is 87.7 Å². The lowest BCUT2D eigenvalue weighted by Crippen LogP contribution is -2.46. The van der Waals surface area contributed by atoms with Crippen LogP contribution in [0.25, 0.3) is 0 Å². The number of methoxy groups -OCH3 is 4. The number of β-amino-alcohol motifs (C(OH)–C–C–N with tert-alkyl or cyclic N) is 2. The van der Waals surface area contributed by atoms with E-state index in [1.54, 1.807) is 28.4 Å². The summed E-state index contributed by atoms with van der Waals surface area (Å²) in [6.07, 6.45) is 13.5. The third-order valence-electron chi connectivity index (χ3n) is 11.0. The van der Waals surface area contributed by atoms with Gasteiger partial charge >= 0.3 is 0 Å². The zero-order valence-electron chi connectivity index (χ0n) is 30.9. The second kappa shape index (κ2) is 19.9. The maximum atomic E-state index is 9.83. The summed E-state index contributed by atoms with van der Waals surface area (Å²) < 4.78 is 33.9. The number of aliphatic hydroxyl groups is 2. The van der Waals surface area contributed by atoms with Crippen LogP contribution < -0.4 is 18.9 Å². The molecule has 50 heavy (non-hydrogen) atoms. The van der Waals surface area contributed by atoms with Crippen molar-refractivity contribution in [1.29, 1.82) is 0 Å². The van der Waals surface area contributed by atoms with Gasteiger partial charge in [-0.2, -0.15) is 0 Å². The van der Waals surface area contributed by atoms with Gasteiger partial charge in [-0.1, -0.05) is 37.8 Å². The van der Waals surface area contributed by atoms with E-state index in [2.05, 4.69) is 21.9 Å². The first-order valence-corrected chi connectivity index (χ1v) is 18.9. The molecule has 0 bridgehead atoms. The molecule has 2 aromatic carbocycles. The van der Waals surface area contributed by atoms with Crippen molar-refractivity contribution in [2.45, 2.75) is 114 Å². The zero-order chi connectivity index (χ0) is 35.3. The van der Waals surface area contributed by atoms with Crippen LogP contribution >= 0.6 is 0 Å². The summed E-state index contributed by atoms with van der Waals surface area (Å²) in [4.78, 5) is 4.87. The van der Waals surface area contributed by atoms with Gasteiger partial charge in [0.15, 0.2) is 23.0 Å². The molecule has 5 unspecified atom stereocenters. The third-order valence-corrected chi connectivity index (χ3v) is 11.0. The van der Waals surface area contributed by atoms with Crippen LogP contribution in [-0.2, 0) is 22.3 Å². The fourth-order valence-electron chi connectivity index (χ4n) is 8.25.